The van der Waals surface area contributed by atoms with Crippen molar-refractivity contribution >= 4 is 23.5 Å². The van der Waals surface area contributed by atoms with Crippen LogP contribution >= 0.6 is 11.6 Å². The van der Waals surface area contributed by atoms with Crippen molar-refractivity contribution in [1.82, 2.24) is 15.5 Å². The molecular formula is C16H21ClFN3O2. The van der Waals surface area contributed by atoms with Gasteiger partial charge in [0.2, 0.25) is 5.91 Å². The number of nitrogens with one attached hydrogen (secondary N) is 2. The lowest BCUT2D eigenvalue weighted by Crippen LogP contribution is -2.39. The average molecular weight is 342 g/mol. The van der Waals surface area contributed by atoms with Crippen LogP contribution in [0, 0.1) is 5.82 Å². The lowest BCUT2D eigenvalue weighted by molar-refractivity contribution is -0.129. The van der Waals surface area contributed by atoms with E-state index in [9.17, 15) is 14.0 Å². The summed E-state index contributed by atoms with van der Waals surface area (Å²) in [5.41, 5.74) is 0.388. The number of amides is 3. The minimum atomic E-state index is -0.379. The molecule has 1 aliphatic rings. The Morgan fingerprint density at radius 3 is 2.57 bits per heavy atom. The third-order valence-electron chi connectivity index (χ3n) is 3.81. The molecule has 5 nitrogen and oxygen atoms in total. The molecule has 0 bridgehead atoms. The van der Waals surface area contributed by atoms with E-state index in [1.165, 1.54) is 6.07 Å². The van der Waals surface area contributed by atoms with E-state index < -0.39 is 0 Å². The molecule has 23 heavy (non-hydrogen) atoms. The van der Waals surface area contributed by atoms with E-state index in [0.29, 0.717) is 30.0 Å². The Morgan fingerprint density at radius 2 is 1.87 bits per heavy atom. The zero-order valence-corrected chi connectivity index (χ0v) is 13.7. The molecular weight excluding hydrogens is 321 g/mol. The van der Waals surface area contributed by atoms with Crippen LogP contribution in [0.25, 0.3) is 0 Å². The molecule has 0 radical (unpaired) electrons. The highest BCUT2D eigenvalue weighted by molar-refractivity contribution is 6.31. The van der Waals surface area contributed by atoms with Crippen molar-refractivity contribution in [2.24, 2.45) is 0 Å². The number of benzene rings is 1. The van der Waals surface area contributed by atoms with Gasteiger partial charge in [-0.2, -0.15) is 0 Å². The Kier molecular flexibility index (Phi) is 6.65. The summed E-state index contributed by atoms with van der Waals surface area (Å²) in [6.07, 6.45) is 2.72. The van der Waals surface area contributed by atoms with E-state index in [1.54, 1.807) is 12.1 Å². The first kappa shape index (κ1) is 17.5. The summed E-state index contributed by atoms with van der Waals surface area (Å²) < 4.78 is 13.6. The molecule has 0 spiro atoms. The van der Waals surface area contributed by atoms with Crippen molar-refractivity contribution < 1.29 is 14.0 Å². The van der Waals surface area contributed by atoms with Gasteiger partial charge in [0, 0.05) is 43.2 Å². The standard InChI is InChI=1S/C16H21ClFN3O2/c17-13-4-3-5-14(18)12(13)6-8-19-16(23)20-9-7-15(22)21-10-1-2-11-21/h3-5H,1-2,6-11H2,(H2,19,20,23). The number of nitrogens with zero attached hydrogens (tertiary/aromatic N) is 1. The molecule has 1 saturated heterocycles. The van der Waals surface area contributed by atoms with Crippen LogP contribution in [-0.2, 0) is 11.2 Å². The van der Waals surface area contributed by atoms with E-state index in [2.05, 4.69) is 10.6 Å². The predicted octanol–water partition coefficient (Wildman–Crippen LogP) is 2.33. The summed E-state index contributed by atoms with van der Waals surface area (Å²) in [5.74, 6) is -0.308. The lowest BCUT2D eigenvalue weighted by atomic mass is 10.1. The van der Waals surface area contributed by atoms with Gasteiger partial charge in [-0.1, -0.05) is 17.7 Å². The maximum atomic E-state index is 13.6. The van der Waals surface area contributed by atoms with Gasteiger partial charge in [0.15, 0.2) is 0 Å². The minimum absolute atomic E-state index is 0.0703. The van der Waals surface area contributed by atoms with Gasteiger partial charge >= 0.3 is 6.03 Å². The first-order valence-electron chi connectivity index (χ1n) is 7.80. The third-order valence-corrected chi connectivity index (χ3v) is 4.16. The molecule has 7 heteroatoms. The zero-order chi connectivity index (χ0) is 16.7. The van der Waals surface area contributed by atoms with Crippen molar-refractivity contribution in [2.45, 2.75) is 25.7 Å². The number of halogens is 2. The van der Waals surface area contributed by atoms with Crippen LogP contribution in [0.1, 0.15) is 24.8 Å². The fourth-order valence-corrected chi connectivity index (χ4v) is 2.80. The molecule has 1 aromatic carbocycles. The van der Waals surface area contributed by atoms with Gasteiger partial charge in [-0.15, -0.1) is 0 Å². The van der Waals surface area contributed by atoms with Crippen LogP contribution in [0.3, 0.4) is 0 Å². The zero-order valence-electron chi connectivity index (χ0n) is 12.9. The van der Waals surface area contributed by atoms with Gasteiger partial charge in [-0.25, -0.2) is 9.18 Å². The smallest absolute Gasteiger partial charge is 0.314 e. The molecule has 1 aliphatic heterocycles. The van der Waals surface area contributed by atoms with Crippen LogP contribution in [0.2, 0.25) is 5.02 Å². The van der Waals surface area contributed by atoms with Crippen molar-refractivity contribution in [1.29, 1.82) is 0 Å². The summed E-state index contributed by atoms with van der Waals surface area (Å²) in [6.45, 7) is 2.19. The number of carbonyl (C=O) groups is 2. The average Bonchev–Trinajstić information content (AvgIpc) is 3.04. The fraction of sp³-hybridized carbons (Fsp3) is 0.500. The fourth-order valence-electron chi connectivity index (χ4n) is 2.54. The van der Waals surface area contributed by atoms with E-state index in [4.69, 9.17) is 11.6 Å². The molecule has 0 atom stereocenters. The van der Waals surface area contributed by atoms with Crippen LogP contribution in [0.15, 0.2) is 18.2 Å². The van der Waals surface area contributed by atoms with Gasteiger partial charge in [0.1, 0.15) is 5.82 Å². The predicted molar refractivity (Wildman–Crippen MR) is 86.9 cm³/mol. The monoisotopic (exact) mass is 341 g/mol. The Balaban J connectivity index is 1.62. The normalized spacial score (nSPS) is 13.9. The molecule has 1 fully saturated rings. The SMILES string of the molecule is O=C(NCCC(=O)N1CCCC1)NCCc1c(F)cccc1Cl. The van der Waals surface area contributed by atoms with Crippen LogP contribution < -0.4 is 10.6 Å². The molecule has 0 unspecified atom stereocenters. The van der Waals surface area contributed by atoms with Gasteiger partial charge in [0.25, 0.3) is 0 Å². The second-order valence-electron chi connectivity index (χ2n) is 5.47. The van der Waals surface area contributed by atoms with Gasteiger partial charge < -0.3 is 15.5 Å². The van der Waals surface area contributed by atoms with Gasteiger partial charge in [0.05, 0.1) is 0 Å². The topological polar surface area (TPSA) is 61.4 Å². The molecule has 0 saturated carbocycles. The summed E-state index contributed by atoms with van der Waals surface area (Å²) in [6, 6.07) is 4.13. The first-order valence-corrected chi connectivity index (χ1v) is 8.18. The highest BCUT2D eigenvalue weighted by Crippen LogP contribution is 2.18. The number of rotatable bonds is 6. The lowest BCUT2D eigenvalue weighted by Gasteiger charge is -2.15. The maximum Gasteiger partial charge on any atom is 0.314 e. The van der Waals surface area contributed by atoms with Crippen molar-refractivity contribution in [2.75, 3.05) is 26.2 Å². The number of likely N-dealkylation sites (tertiary alicyclic amines) is 1. The second kappa shape index (κ2) is 8.72. The highest BCUT2D eigenvalue weighted by atomic mass is 35.5. The molecule has 1 heterocycles. The molecule has 3 amide bonds. The van der Waals surface area contributed by atoms with Crippen molar-refractivity contribution in [3.63, 3.8) is 0 Å². The Morgan fingerprint density at radius 1 is 1.17 bits per heavy atom. The molecule has 2 N–H and O–H groups in total. The van der Waals surface area contributed by atoms with Crippen LogP contribution in [-0.4, -0.2) is 43.0 Å². The van der Waals surface area contributed by atoms with Crippen LogP contribution in [0.4, 0.5) is 9.18 Å². The summed E-state index contributed by atoms with van der Waals surface area (Å²) >= 11 is 5.92. The van der Waals surface area contributed by atoms with Crippen molar-refractivity contribution in [3.05, 3.63) is 34.6 Å². The first-order chi connectivity index (χ1) is 11.1. The highest BCUT2D eigenvalue weighted by Gasteiger charge is 2.17. The van der Waals surface area contributed by atoms with Crippen molar-refractivity contribution in [3.8, 4) is 0 Å². The molecule has 1 aromatic rings. The van der Waals surface area contributed by atoms with E-state index in [1.807, 2.05) is 4.90 Å². The third kappa shape index (κ3) is 5.39. The summed E-state index contributed by atoms with van der Waals surface area (Å²) in [4.78, 5) is 25.2. The molecule has 0 aromatic heterocycles. The largest absolute Gasteiger partial charge is 0.343 e. The molecule has 2 rings (SSSR count). The summed E-state index contributed by atoms with van der Waals surface area (Å²) in [7, 11) is 0. The Bertz CT molecular complexity index is 542. The number of carbonyl (C=O) groups excluding carboxylic acids is 2. The van der Waals surface area contributed by atoms with Gasteiger partial charge in [-0.3, -0.25) is 4.79 Å². The molecule has 126 valence electrons. The molecule has 0 aliphatic carbocycles. The Hall–Kier alpha value is -1.82. The van der Waals surface area contributed by atoms with E-state index in [-0.39, 0.29) is 24.3 Å². The number of urea groups is 1. The second-order valence-corrected chi connectivity index (χ2v) is 5.88. The number of hydrogen-bond acceptors (Lipinski definition) is 2. The van der Waals surface area contributed by atoms with Crippen LogP contribution in [0.5, 0.6) is 0 Å². The maximum absolute atomic E-state index is 13.6. The number of hydrogen-bond donors (Lipinski definition) is 2. The van der Waals surface area contributed by atoms with E-state index in [0.717, 1.165) is 25.9 Å². The van der Waals surface area contributed by atoms with Gasteiger partial charge in [-0.05, 0) is 31.4 Å². The Labute approximate surface area is 140 Å². The van der Waals surface area contributed by atoms with E-state index >= 15 is 0 Å². The summed E-state index contributed by atoms with van der Waals surface area (Å²) in [5, 5.41) is 5.61. The quantitative estimate of drug-likeness (QED) is 0.834. The minimum Gasteiger partial charge on any atom is -0.343 e.